The molecule has 0 saturated carbocycles. The lowest BCUT2D eigenvalue weighted by molar-refractivity contribution is -0.138. The predicted molar refractivity (Wildman–Crippen MR) is 90.1 cm³/mol. The number of hydrogen-bond donors (Lipinski definition) is 1. The summed E-state index contributed by atoms with van der Waals surface area (Å²) in [7, 11) is 0. The summed E-state index contributed by atoms with van der Waals surface area (Å²) in [5.41, 5.74) is 0.780. The molecule has 1 aromatic carbocycles. The number of anilines is 1. The largest absolute Gasteiger partial charge is 0.381 e. The van der Waals surface area contributed by atoms with Gasteiger partial charge in [-0.2, -0.15) is 0 Å². The van der Waals surface area contributed by atoms with Gasteiger partial charge in [0, 0.05) is 31.3 Å². The fourth-order valence-electron chi connectivity index (χ4n) is 2.86. The quantitative estimate of drug-likeness (QED) is 0.841. The second-order valence-corrected chi connectivity index (χ2v) is 6.06. The molecule has 2 amide bonds. The molecule has 1 fully saturated rings. The number of nitrogens with one attached hydrogen (secondary N) is 1. The predicted octanol–water partition coefficient (Wildman–Crippen LogP) is 2.68. The van der Waals surface area contributed by atoms with Gasteiger partial charge < -0.3 is 15.0 Å². The zero-order chi connectivity index (χ0) is 16.7. The highest BCUT2D eigenvalue weighted by atomic mass is 16.5. The number of benzene rings is 1. The molecule has 2 rings (SSSR count). The number of rotatable bonds is 7. The van der Waals surface area contributed by atoms with Crippen molar-refractivity contribution < 1.29 is 14.3 Å². The van der Waals surface area contributed by atoms with Crippen LogP contribution in [0.15, 0.2) is 30.3 Å². The van der Waals surface area contributed by atoms with Gasteiger partial charge in [-0.05, 0) is 31.9 Å². The second-order valence-electron chi connectivity index (χ2n) is 6.06. The molecule has 1 heterocycles. The number of carbonyl (C=O) groups is 2. The third-order valence-electron chi connectivity index (χ3n) is 4.10. The molecule has 0 spiro atoms. The Morgan fingerprint density at radius 2 is 2.09 bits per heavy atom. The van der Waals surface area contributed by atoms with E-state index in [9.17, 15) is 9.59 Å². The van der Waals surface area contributed by atoms with Crippen molar-refractivity contribution >= 4 is 17.5 Å². The zero-order valence-corrected chi connectivity index (χ0v) is 14.0. The molecular weight excluding hydrogens is 292 g/mol. The van der Waals surface area contributed by atoms with E-state index in [1.807, 2.05) is 49.1 Å². The maximum absolute atomic E-state index is 12.6. The standard InChI is InChI=1S/C18H26N2O3/c1-3-10-20(18(22)15-9-11-23-13-15)14(2)12-17(21)19-16-7-5-4-6-8-16/h4-8,14-15H,3,9-13H2,1-2H3,(H,19,21)/t14-,15+/m1/s1. The zero-order valence-electron chi connectivity index (χ0n) is 14.0. The van der Waals surface area contributed by atoms with Crippen LogP contribution in [0.3, 0.4) is 0 Å². The van der Waals surface area contributed by atoms with Gasteiger partial charge in [0.05, 0.1) is 12.5 Å². The van der Waals surface area contributed by atoms with Crippen LogP contribution in [0.1, 0.15) is 33.1 Å². The van der Waals surface area contributed by atoms with Crippen molar-refractivity contribution in [2.75, 3.05) is 25.1 Å². The molecule has 5 heteroatoms. The molecule has 1 aromatic rings. The molecule has 1 N–H and O–H groups in total. The van der Waals surface area contributed by atoms with E-state index in [1.54, 1.807) is 0 Å². The van der Waals surface area contributed by atoms with Crippen molar-refractivity contribution in [2.24, 2.45) is 5.92 Å². The number of nitrogens with zero attached hydrogens (tertiary/aromatic N) is 1. The molecule has 1 aliphatic heterocycles. The van der Waals surface area contributed by atoms with E-state index >= 15 is 0 Å². The summed E-state index contributed by atoms with van der Waals surface area (Å²) < 4.78 is 5.32. The number of amides is 2. The van der Waals surface area contributed by atoms with Gasteiger partial charge in [-0.3, -0.25) is 9.59 Å². The third kappa shape index (κ3) is 5.06. The molecule has 23 heavy (non-hydrogen) atoms. The normalized spacial score (nSPS) is 18.4. The average Bonchev–Trinajstić information content (AvgIpc) is 3.07. The van der Waals surface area contributed by atoms with Crippen LogP contribution in [-0.4, -0.2) is 42.5 Å². The summed E-state index contributed by atoms with van der Waals surface area (Å²) in [5, 5.41) is 2.88. The number of hydrogen-bond acceptors (Lipinski definition) is 3. The van der Waals surface area contributed by atoms with Gasteiger partial charge in [-0.15, -0.1) is 0 Å². The van der Waals surface area contributed by atoms with Crippen LogP contribution >= 0.6 is 0 Å². The summed E-state index contributed by atoms with van der Waals surface area (Å²) in [6.45, 7) is 5.81. The Labute approximate surface area is 138 Å². The monoisotopic (exact) mass is 318 g/mol. The minimum absolute atomic E-state index is 0.0545. The molecule has 1 aliphatic rings. The van der Waals surface area contributed by atoms with Crippen molar-refractivity contribution in [3.63, 3.8) is 0 Å². The van der Waals surface area contributed by atoms with E-state index in [1.165, 1.54) is 0 Å². The lowest BCUT2D eigenvalue weighted by Crippen LogP contribution is -2.44. The van der Waals surface area contributed by atoms with E-state index in [-0.39, 0.29) is 23.8 Å². The fraction of sp³-hybridized carbons (Fsp3) is 0.556. The van der Waals surface area contributed by atoms with Crippen LogP contribution in [0.25, 0.3) is 0 Å². The third-order valence-corrected chi connectivity index (χ3v) is 4.10. The van der Waals surface area contributed by atoms with Crippen LogP contribution in [-0.2, 0) is 14.3 Å². The molecule has 0 aromatic heterocycles. The molecule has 0 unspecified atom stereocenters. The molecule has 0 radical (unpaired) electrons. The van der Waals surface area contributed by atoms with Gasteiger partial charge in [0.2, 0.25) is 11.8 Å². The average molecular weight is 318 g/mol. The van der Waals surface area contributed by atoms with Crippen molar-refractivity contribution in [3.05, 3.63) is 30.3 Å². The number of carbonyl (C=O) groups excluding carboxylic acids is 2. The smallest absolute Gasteiger partial charge is 0.228 e. The highest BCUT2D eigenvalue weighted by Gasteiger charge is 2.30. The molecular formula is C18H26N2O3. The first kappa shape index (κ1) is 17.5. The first-order valence-corrected chi connectivity index (χ1v) is 8.35. The highest BCUT2D eigenvalue weighted by molar-refractivity contribution is 5.91. The Morgan fingerprint density at radius 1 is 1.35 bits per heavy atom. The summed E-state index contributed by atoms with van der Waals surface area (Å²) >= 11 is 0. The number of para-hydroxylation sites is 1. The minimum atomic E-state index is -0.119. The summed E-state index contributed by atoms with van der Waals surface area (Å²) in [6.07, 6.45) is 1.96. The maximum Gasteiger partial charge on any atom is 0.228 e. The molecule has 126 valence electrons. The maximum atomic E-state index is 12.6. The van der Waals surface area contributed by atoms with Crippen molar-refractivity contribution in [1.82, 2.24) is 4.90 Å². The molecule has 5 nitrogen and oxygen atoms in total. The van der Waals surface area contributed by atoms with Crippen LogP contribution in [0.5, 0.6) is 0 Å². The molecule has 1 saturated heterocycles. The highest BCUT2D eigenvalue weighted by Crippen LogP contribution is 2.19. The van der Waals surface area contributed by atoms with E-state index in [0.717, 1.165) is 18.5 Å². The first-order chi connectivity index (χ1) is 11.1. The Hall–Kier alpha value is -1.88. The topological polar surface area (TPSA) is 58.6 Å². The Bertz CT molecular complexity index is 512. The van der Waals surface area contributed by atoms with E-state index in [2.05, 4.69) is 5.32 Å². The first-order valence-electron chi connectivity index (χ1n) is 8.35. The minimum Gasteiger partial charge on any atom is -0.381 e. The summed E-state index contributed by atoms with van der Waals surface area (Å²) in [4.78, 5) is 26.7. The van der Waals surface area contributed by atoms with Crippen molar-refractivity contribution in [3.8, 4) is 0 Å². The summed E-state index contributed by atoms with van der Waals surface area (Å²) in [6, 6.07) is 9.26. The van der Waals surface area contributed by atoms with Crippen LogP contribution < -0.4 is 5.32 Å². The van der Waals surface area contributed by atoms with E-state index < -0.39 is 0 Å². The van der Waals surface area contributed by atoms with Gasteiger partial charge in [0.25, 0.3) is 0 Å². The Morgan fingerprint density at radius 3 is 2.70 bits per heavy atom. The summed E-state index contributed by atoms with van der Waals surface area (Å²) in [5.74, 6) is -0.00850. The van der Waals surface area contributed by atoms with Gasteiger partial charge in [-0.25, -0.2) is 0 Å². The van der Waals surface area contributed by atoms with Gasteiger partial charge in [0.1, 0.15) is 0 Å². The molecule has 0 bridgehead atoms. The lowest BCUT2D eigenvalue weighted by Gasteiger charge is -2.30. The SMILES string of the molecule is CCCN(C(=O)[C@H]1CCOC1)[C@H](C)CC(=O)Nc1ccccc1. The van der Waals surface area contributed by atoms with Crippen LogP contribution in [0, 0.1) is 5.92 Å². The van der Waals surface area contributed by atoms with Gasteiger partial charge in [-0.1, -0.05) is 25.1 Å². The second kappa shape index (κ2) is 8.67. The van der Waals surface area contributed by atoms with Crippen LogP contribution in [0.2, 0.25) is 0 Å². The number of ether oxygens (including phenoxy) is 1. The fourth-order valence-corrected chi connectivity index (χ4v) is 2.86. The Balaban J connectivity index is 1.92. The lowest BCUT2D eigenvalue weighted by atomic mass is 10.0. The van der Waals surface area contributed by atoms with E-state index in [0.29, 0.717) is 26.2 Å². The van der Waals surface area contributed by atoms with Crippen LogP contribution in [0.4, 0.5) is 5.69 Å². The van der Waals surface area contributed by atoms with Crippen molar-refractivity contribution in [1.29, 1.82) is 0 Å². The van der Waals surface area contributed by atoms with Crippen molar-refractivity contribution in [2.45, 2.75) is 39.2 Å². The molecule has 0 aliphatic carbocycles. The van der Waals surface area contributed by atoms with Gasteiger partial charge >= 0.3 is 0 Å². The Kier molecular flexibility index (Phi) is 6.59. The van der Waals surface area contributed by atoms with E-state index in [4.69, 9.17) is 4.74 Å². The molecule has 2 atom stereocenters. The van der Waals surface area contributed by atoms with Gasteiger partial charge in [0.15, 0.2) is 0 Å².